The highest BCUT2D eigenvalue weighted by molar-refractivity contribution is 5.71. The smallest absolute Gasteiger partial charge is 0.306 e. The fraction of sp³-hybridized carbons (Fsp3) is 0.935. The summed E-state index contributed by atoms with van der Waals surface area (Å²) in [7, 11) is 0. The molecule has 0 aliphatic heterocycles. The Balaban J connectivity index is 4.27. The summed E-state index contributed by atoms with van der Waals surface area (Å²) in [5, 5.41) is 0. The van der Waals surface area contributed by atoms with Crippen LogP contribution in [-0.4, -0.2) is 37.2 Å². The molecule has 0 amide bonds. The van der Waals surface area contributed by atoms with Gasteiger partial charge < -0.3 is 14.2 Å². The fourth-order valence-corrected chi connectivity index (χ4v) is 6.75. The van der Waals surface area contributed by atoms with E-state index in [0.717, 1.165) is 69.6 Å². The Labute approximate surface area is 323 Å². The molecule has 0 N–H and O–H groups in total. The van der Waals surface area contributed by atoms with Crippen LogP contribution in [-0.2, 0) is 28.6 Å². The van der Waals surface area contributed by atoms with E-state index in [-0.39, 0.29) is 31.1 Å². The minimum absolute atomic E-state index is 0.0654. The molecule has 0 aromatic carbocycles. The molecule has 0 aliphatic carbocycles. The summed E-state index contributed by atoms with van der Waals surface area (Å²) < 4.78 is 16.7. The first-order valence-electron chi connectivity index (χ1n) is 22.7. The molecule has 0 spiro atoms. The van der Waals surface area contributed by atoms with Gasteiger partial charge in [-0.2, -0.15) is 0 Å². The number of carbonyl (C=O) groups is 3. The number of rotatable bonds is 40. The van der Waals surface area contributed by atoms with Crippen molar-refractivity contribution in [2.45, 2.75) is 253 Å². The van der Waals surface area contributed by atoms with Crippen molar-refractivity contribution in [1.29, 1.82) is 0 Å². The Morgan fingerprint density at radius 2 is 0.635 bits per heavy atom. The molecule has 0 saturated heterocycles. The predicted molar refractivity (Wildman–Crippen MR) is 220 cm³/mol. The molecule has 0 aromatic heterocycles. The van der Waals surface area contributed by atoms with Crippen LogP contribution in [0.25, 0.3) is 0 Å². The third kappa shape index (κ3) is 39.6. The van der Waals surface area contributed by atoms with E-state index in [1.165, 1.54) is 135 Å². The van der Waals surface area contributed by atoms with E-state index >= 15 is 0 Å². The molecule has 0 heterocycles. The average Bonchev–Trinajstić information content (AvgIpc) is 3.11. The zero-order valence-corrected chi connectivity index (χ0v) is 35.4. The number of hydrogen-bond donors (Lipinski definition) is 0. The quantitative estimate of drug-likeness (QED) is 0.0354. The molecule has 0 saturated carbocycles. The van der Waals surface area contributed by atoms with Crippen molar-refractivity contribution in [2.24, 2.45) is 11.8 Å². The van der Waals surface area contributed by atoms with Crippen LogP contribution in [0.5, 0.6) is 0 Å². The van der Waals surface area contributed by atoms with Gasteiger partial charge in [-0.3, -0.25) is 14.4 Å². The third-order valence-corrected chi connectivity index (χ3v) is 10.2. The van der Waals surface area contributed by atoms with E-state index in [2.05, 4.69) is 34.6 Å². The summed E-state index contributed by atoms with van der Waals surface area (Å²) in [6, 6.07) is 0. The van der Waals surface area contributed by atoms with Crippen molar-refractivity contribution >= 4 is 17.9 Å². The summed E-state index contributed by atoms with van der Waals surface area (Å²) in [4.78, 5) is 37.6. The van der Waals surface area contributed by atoms with Crippen LogP contribution >= 0.6 is 0 Å². The monoisotopic (exact) mass is 737 g/mol. The lowest BCUT2D eigenvalue weighted by molar-refractivity contribution is -0.167. The first kappa shape index (κ1) is 50.4. The molecule has 6 nitrogen and oxygen atoms in total. The van der Waals surface area contributed by atoms with Crippen molar-refractivity contribution in [3.8, 4) is 0 Å². The van der Waals surface area contributed by atoms with Gasteiger partial charge in [0.1, 0.15) is 13.2 Å². The minimum Gasteiger partial charge on any atom is -0.462 e. The van der Waals surface area contributed by atoms with Gasteiger partial charge >= 0.3 is 17.9 Å². The van der Waals surface area contributed by atoms with Gasteiger partial charge in [0.15, 0.2) is 6.10 Å². The number of carbonyl (C=O) groups excluding carboxylic acids is 3. The molecule has 0 fully saturated rings. The lowest BCUT2D eigenvalue weighted by Crippen LogP contribution is -2.30. The van der Waals surface area contributed by atoms with Crippen molar-refractivity contribution in [1.82, 2.24) is 0 Å². The molecular formula is C46H88O6. The van der Waals surface area contributed by atoms with E-state index in [1.807, 2.05) is 0 Å². The van der Waals surface area contributed by atoms with Crippen LogP contribution in [0.4, 0.5) is 0 Å². The third-order valence-electron chi connectivity index (χ3n) is 10.2. The van der Waals surface area contributed by atoms with Crippen LogP contribution in [0.3, 0.4) is 0 Å². The zero-order valence-electron chi connectivity index (χ0n) is 35.4. The van der Waals surface area contributed by atoms with Gasteiger partial charge in [0.05, 0.1) is 0 Å². The SMILES string of the molecule is CCCCCCCCCC(=O)OC[C@H](COC(=O)CCCCCCCCCCCC(C)C)OC(=O)CCCCCCCCCCCCCCC(C)C. The largest absolute Gasteiger partial charge is 0.462 e. The number of esters is 3. The highest BCUT2D eigenvalue weighted by Crippen LogP contribution is 2.16. The van der Waals surface area contributed by atoms with E-state index in [1.54, 1.807) is 0 Å². The lowest BCUT2D eigenvalue weighted by Gasteiger charge is -2.18. The second-order valence-electron chi connectivity index (χ2n) is 16.6. The molecule has 308 valence electrons. The van der Waals surface area contributed by atoms with Gasteiger partial charge in [-0.05, 0) is 31.1 Å². The van der Waals surface area contributed by atoms with Crippen LogP contribution in [0.1, 0.15) is 247 Å². The molecule has 0 radical (unpaired) electrons. The molecule has 0 unspecified atom stereocenters. The van der Waals surface area contributed by atoms with Crippen molar-refractivity contribution in [2.75, 3.05) is 13.2 Å². The normalized spacial score (nSPS) is 12.1. The van der Waals surface area contributed by atoms with Crippen molar-refractivity contribution in [3.05, 3.63) is 0 Å². The maximum absolute atomic E-state index is 12.7. The number of ether oxygens (including phenoxy) is 3. The predicted octanol–water partition coefficient (Wildman–Crippen LogP) is 14.2. The van der Waals surface area contributed by atoms with Crippen LogP contribution in [0.2, 0.25) is 0 Å². The standard InChI is InChI=1S/C46H88O6/c1-6-7-8-9-19-26-31-36-44(47)50-39-43(40-51-45(48)37-32-27-22-18-14-16-21-25-30-35-42(4)5)52-46(49)38-33-28-23-17-13-11-10-12-15-20-24-29-34-41(2)3/h41-43H,6-40H2,1-5H3/t43-/m1/s1. The molecule has 6 heteroatoms. The Bertz CT molecular complexity index is 794. The van der Waals surface area contributed by atoms with E-state index in [9.17, 15) is 14.4 Å². The molecular weight excluding hydrogens is 649 g/mol. The molecule has 0 aromatic rings. The second-order valence-corrected chi connectivity index (χ2v) is 16.6. The Hall–Kier alpha value is -1.59. The first-order chi connectivity index (χ1) is 25.2. The van der Waals surface area contributed by atoms with Crippen LogP contribution in [0, 0.1) is 11.8 Å². The van der Waals surface area contributed by atoms with Gasteiger partial charge in [-0.1, -0.05) is 208 Å². The van der Waals surface area contributed by atoms with E-state index in [0.29, 0.717) is 19.3 Å². The Kier molecular flexibility index (Phi) is 37.9. The summed E-state index contributed by atoms with van der Waals surface area (Å²) >= 11 is 0. The zero-order chi connectivity index (χ0) is 38.3. The van der Waals surface area contributed by atoms with E-state index in [4.69, 9.17) is 14.2 Å². The van der Waals surface area contributed by atoms with Crippen LogP contribution < -0.4 is 0 Å². The fourth-order valence-electron chi connectivity index (χ4n) is 6.75. The van der Waals surface area contributed by atoms with Crippen molar-refractivity contribution in [3.63, 3.8) is 0 Å². The second kappa shape index (κ2) is 39.1. The average molecular weight is 737 g/mol. The number of unbranched alkanes of at least 4 members (excludes halogenated alkanes) is 25. The van der Waals surface area contributed by atoms with Crippen molar-refractivity contribution < 1.29 is 28.6 Å². The molecule has 0 aliphatic rings. The topological polar surface area (TPSA) is 78.9 Å². The summed E-state index contributed by atoms with van der Waals surface area (Å²) in [6.45, 7) is 11.3. The number of hydrogen-bond acceptors (Lipinski definition) is 6. The summed E-state index contributed by atoms with van der Waals surface area (Å²) in [5.74, 6) is 0.777. The molecule has 52 heavy (non-hydrogen) atoms. The molecule has 0 bridgehead atoms. The van der Waals surface area contributed by atoms with Gasteiger partial charge in [0.25, 0.3) is 0 Å². The highest BCUT2D eigenvalue weighted by atomic mass is 16.6. The maximum atomic E-state index is 12.7. The Morgan fingerprint density at radius 1 is 0.365 bits per heavy atom. The van der Waals surface area contributed by atoms with Gasteiger partial charge in [-0.25, -0.2) is 0 Å². The van der Waals surface area contributed by atoms with Gasteiger partial charge in [0.2, 0.25) is 0 Å². The Morgan fingerprint density at radius 3 is 0.942 bits per heavy atom. The maximum Gasteiger partial charge on any atom is 0.306 e. The lowest BCUT2D eigenvalue weighted by atomic mass is 10.0. The minimum atomic E-state index is -0.759. The molecule has 0 rings (SSSR count). The highest BCUT2D eigenvalue weighted by Gasteiger charge is 2.19. The van der Waals surface area contributed by atoms with Gasteiger partial charge in [-0.15, -0.1) is 0 Å². The first-order valence-corrected chi connectivity index (χ1v) is 22.7. The summed E-state index contributed by atoms with van der Waals surface area (Å²) in [5.41, 5.74) is 0. The van der Waals surface area contributed by atoms with Crippen LogP contribution in [0.15, 0.2) is 0 Å². The molecule has 1 atom stereocenters. The van der Waals surface area contributed by atoms with Gasteiger partial charge in [0, 0.05) is 19.3 Å². The van der Waals surface area contributed by atoms with E-state index < -0.39 is 6.10 Å². The summed E-state index contributed by atoms with van der Waals surface area (Å²) in [6.07, 6.45) is 36.7.